The topological polar surface area (TPSA) is 84.5 Å². The molecule has 9 heteroatoms. The lowest BCUT2D eigenvalue weighted by atomic mass is 10.3. The van der Waals surface area contributed by atoms with Gasteiger partial charge in [-0.15, -0.1) is 12.4 Å². The van der Waals surface area contributed by atoms with Gasteiger partial charge in [0.05, 0.1) is 16.8 Å². The monoisotopic (exact) mass is 382 g/mol. The number of hydrogen-bond acceptors (Lipinski definition) is 5. The van der Waals surface area contributed by atoms with Crippen LogP contribution in [0.1, 0.15) is 13.3 Å². The van der Waals surface area contributed by atoms with E-state index in [1.165, 1.54) is 19.1 Å². The van der Waals surface area contributed by atoms with Crippen LogP contribution < -0.4 is 10.6 Å². The van der Waals surface area contributed by atoms with Gasteiger partial charge in [0, 0.05) is 33.2 Å². The SMILES string of the molecule is COCCNCCNC(=O)CC(C)S(=O)(=O)c1ccc(F)cc1.Cl. The van der Waals surface area contributed by atoms with Crippen molar-refractivity contribution in [1.82, 2.24) is 10.6 Å². The number of benzene rings is 1. The maximum Gasteiger partial charge on any atom is 0.221 e. The molecule has 0 bridgehead atoms. The Hall–Kier alpha value is -1.22. The molecule has 138 valence electrons. The fraction of sp³-hybridized carbons (Fsp3) is 0.533. The molecule has 0 aliphatic carbocycles. The minimum absolute atomic E-state index is 0. The molecule has 0 aliphatic heterocycles. The Bertz CT molecular complexity index is 596. The Labute approximate surface area is 148 Å². The summed E-state index contributed by atoms with van der Waals surface area (Å²) >= 11 is 0. The normalized spacial score (nSPS) is 12.3. The van der Waals surface area contributed by atoms with E-state index >= 15 is 0 Å². The third kappa shape index (κ3) is 7.57. The summed E-state index contributed by atoms with van der Waals surface area (Å²) in [5, 5.41) is 4.84. The summed E-state index contributed by atoms with van der Waals surface area (Å²) in [5.41, 5.74) is 0. The molecule has 0 aromatic heterocycles. The molecule has 1 atom stereocenters. The number of nitrogens with one attached hydrogen (secondary N) is 2. The molecule has 0 aliphatic rings. The molecule has 0 radical (unpaired) electrons. The van der Waals surface area contributed by atoms with Gasteiger partial charge in [-0.25, -0.2) is 12.8 Å². The molecular formula is C15H24ClFN2O4S. The number of halogens is 2. The average molecular weight is 383 g/mol. The number of rotatable bonds is 10. The Balaban J connectivity index is 0.00000529. The molecule has 1 aromatic carbocycles. The molecule has 0 fully saturated rings. The number of amides is 1. The number of carbonyl (C=O) groups excluding carboxylic acids is 1. The fourth-order valence-corrected chi connectivity index (χ4v) is 3.24. The zero-order chi connectivity index (χ0) is 17.3. The molecule has 1 amide bonds. The zero-order valence-electron chi connectivity index (χ0n) is 13.7. The van der Waals surface area contributed by atoms with Crippen LogP contribution in [0, 0.1) is 5.82 Å². The van der Waals surface area contributed by atoms with Crippen LogP contribution in [0.4, 0.5) is 4.39 Å². The molecule has 24 heavy (non-hydrogen) atoms. The van der Waals surface area contributed by atoms with Crippen LogP contribution in [-0.2, 0) is 19.4 Å². The number of hydrogen-bond donors (Lipinski definition) is 2. The minimum Gasteiger partial charge on any atom is -0.383 e. The summed E-state index contributed by atoms with van der Waals surface area (Å²) in [4.78, 5) is 11.8. The first kappa shape index (κ1) is 22.8. The van der Waals surface area contributed by atoms with Crippen LogP contribution in [-0.4, -0.2) is 52.9 Å². The Morgan fingerprint density at radius 3 is 2.42 bits per heavy atom. The predicted octanol–water partition coefficient (Wildman–Crippen LogP) is 1.15. The molecule has 1 unspecified atom stereocenters. The van der Waals surface area contributed by atoms with Crippen molar-refractivity contribution < 1.29 is 22.3 Å². The number of methoxy groups -OCH3 is 1. The van der Waals surface area contributed by atoms with Crippen LogP contribution in [0.15, 0.2) is 29.2 Å². The smallest absolute Gasteiger partial charge is 0.221 e. The average Bonchev–Trinajstić information content (AvgIpc) is 2.51. The van der Waals surface area contributed by atoms with Crippen molar-refractivity contribution in [2.45, 2.75) is 23.5 Å². The molecule has 1 rings (SSSR count). The second-order valence-electron chi connectivity index (χ2n) is 5.11. The summed E-state index contributed by atoms with van der Waals surface area (Å²) in [6.07, 6.45) is -0.141. The minimum atomic E-state index is -3.65. The van der Waals surface area contributed by atoms with Gasteiger partial charge in [0.2, 0.25) is 5.91 Å². The summed E-state index contributed by atoms with van der Waals surface area (Å²) in [6, 6.07) is 4.59. The standard InChI is InChI=1S/C15H23FN2O4S.ClH/c1-12(11-15(19)18-8-7-17-9-10-22-2)23(20,21)14-5-3-13(16)4-6-14;/h3-6,12,17H,7-11H2,1-2H3,(H,18,19);1H. The third-order valence-electron chi connectivity index (χ3n) is 3.25. The van der Waals surface area contributed by atoms with E-state index in [0.29, 0.717) is 26.2 Å². The largest absolute Gasteiger partial charge is 0.383 e. The second kappa shape index (κ2) is 11.4. The molecule has 6 nitrogen and oxygen atoms in total. The molecule has 0 saturated carbocycles. The van der Waals surface area contributed by atoms with Gasteiger partial charge in [0.15, 0.2) is 9.84 Å². The molecule has 0 saturated heterocycles. The van der Waals surface area contributed by atoms with E-state index in [0.717, 1.165) is 12.1 Å². The van der Waals surface area contributed by atoms with Crippen LogP contribution in [0.3, 0.4) is 0 Å². The highest BCUT2D eigenvalue weighted by molar-refractivity contribution is 7.92. The van der Waals surface area contributed by atoms with Crippen molar-refractivity contribution in [3.63, 3.8) is 0 Å². The number of ether oxygens (including phenoxy) is 1. The van der Waals surface area contributed by atoms with E-state index in [2.05, 4.69) is 10.6 Å². The molecule has 0 spiro atoms. The van der Waals surface area contributed by atoms with E-state index in [4.69, 9.17) is 4.74 Å². The maximum atomic E-state index is 12.9. The number of sulfone groups is 1. The second-order valence-corrected chi connectivity index (χ2v) is 7.47. The lowest BCUT2D eigenvalue weighted by Gasteiger charge is -2.13. The van der Waals surface area contributed by atoms with E-state index in [9.17, 15) is 17.6 Å². The third-order valence-corrected chi connectivity index (χ3v) is 5.41. The van der Waals surface area contributed by atoms with Crippen molar-refractivity contribution in [2.24, 2.45) is 0 Å². The lowest BCUT2D eigenvalue weighted by Crippen LogP contribution is -2.35. The lowest BCUT2D eigenvalue weighted by molar-refractivity contribution is -0.121. The first-order valence-electron chi connectivity index (χ1n) is 7.33. The first-order valence-corrected chi connectivity index (χ1v) is 8.88. The first-order chi connectivity index (χ1) is 10.9. The highest BCUT2D eigenvalue weighted by Crippen LogP contribution is 2.18. The summed E-state index contributed by atoms with van der Waals surface area (Å²) < 4.78 is 42.3. The van der Waals surface area contributed by atoms with Gasteiger partial charge in [0.25, 0.3) is 0 Å². The summed E-state index contributed by atoms with van der Waals surface area (Å²) in [6.45, 7) is 3.72. The van der Waals surface area contributed by atoms with E-state index in [1.807, 2.05) is 0 Å². The van der Waals surface area contributed by atoms with E-state index in [1.54, 1.807) is 7.11 Å². The van der Waals surface area contributed by atoms with E-state index < -0.39 is 20.9 Å². The van der Waals surface area contributed by atoms with Crippen molar-refractivity contribution in [3.8, 4) is 0 Å². The predicted molar refractivity (Wildman–Crippen MR) is 92.7 cm³/mol. The van der Waals surface area contributed by atoms with Crippen molar-refractivity contribution in [1.29, 1.82) is 0 Å². The van der Waals surface area contributed by atoms with Gasteiger partial charge in [-0.1, -0.05) is 0 Å². The van der Waals surface area contributed by atoms with Crippen LogP contribution in [0.25, 0.3) is 0 Å². The molecule has 0 heterocycles. The maximum absolute atomic E-state index is 12.9. The number of carbonyl (C=O) groups is 1. The molecule has 2 N–H and O–H groups in total. The summed E-state index contributed by atoms with van der Waals surface area (Å²) in [7, 11) is -2.05. The van der Waals surface area contributed by atoms with Gasteiger partial charge >= 0.3 is 0 Å². The van der Waals surface area contributed by atoms with Crippen molar-refractivity contribution in [2.75, 3.05) is 33.4 Å². The molecule has 1 aromatic rings. The van der Waals surface area contributed by atoms with Gasteiger partial charge in [0.1, 0.15) is 5.82 Å². The van der Waals surface area contributed by atoms with Crippen molar-refractivity contribution >= 4 is 28.2 Å². The Kier molecular flexibility index (Phi) is 10.8. The Morgan fingerprint density at radius 1 is 1.21 bits per heavy atom. The highest BCUT2D eigenvalue weighted by Gasteiger charge is 2.25. The Morgan fingerprint density at radius 2 is 1.83 bits per heavy atom. The van der Waals surface area contributed by atoms with Crippen LogP contribution in [0.2, 0.25) is 0 Å². The van der Waals surface area contributed by atoms with Crippen LogP contribution >= 0.6 is 12.4 Å². The van der Waals surface area contributed by atoms with Crippen LogP contribution in [0.5, 0.6) is 0 Å². The van der Waals surface area contributed by atoms with Gasteiger partial charge in [-0.05, 0) is 31.2 Å². The fourth-order valence-electron chi connectivity index (χ4n) is 1.89. The van der Waals surface area contributed by atoms with Gasteiger partial charge in [-0.2, -0.15) is 0 Å². The highest BCUT2D eigenvalue weighted by atomic mass is 35.5. The van der Waals surface area contributed by atoms with Crippen molar-refractivity contribution in [3.05, 3.63) is 30.1 Å². The summed E-state index contributed by atoms with van der Waals surface area (Å²) in [5.74, 6) is -0.841. The van der Waals surface area contributed by atoms with E-state index in [-0.39, 0.29) is 29.6 Å². The zero-order valence-corrected chi connectivity index (χ0v) is 15.4. The molecular weight excluding hydrogens is 359 g/mol. The van der Waals surface area contributed by atoms with Gasteiger partial charge in [-0.3, -0.25) is 4.79 Å². The quantitative estimate of drug-likeness (QED) is 0.468. The van der Waals surface area contributed by atoms with Gasteiger partial charge < -0.3 is 15.4 Å².